The molecular weight excluding hydrogens is 313 g/mol. The van der Waals surface area contributed by atoms with E-state index in [1.54, 1.807) is 30.3 Å². The average molecular weight is 329 g/mol. The number of anilines is 1. The lowest BCUT2D eigenvalue weighted by Crippen LogP contribution is -2.07. The summed E-state index contributed by atoms with van der Waals surface area (Å²) in [6.45, 7) is 2.40. The van der Waals surface area contributed by atoms with Crippen molar-refractivity contribution < 1.29 is 23.4 Å². The number of nitrogens with one attached hydrogen (secondary N) is 1. The van der Waals surface area contributed by atoms with Gasteiger partial charge in [-0.2, -0.15) is 0 Å². The fourth-order valence-electron chi connectivity index (χ4n) is 2.25. The number of fused-ring (bicyclic) bond motifs is 1. The average Bonchev–Trinajstić information content (AvgIpc) is 3.02. The molecule has 1 aliphatic rings. The molecule has 0 atom stereocenters. The molecule has 0 spiro atoms. The predicted molar refractivity (Wildman–Crippen MR) is 87.8 cm³/mol. The van der Waals surface area contributed by atoms with Gasteiger partial charge >= 0.3 is 0 Å². The van der Waals surface area contributed by atoms with Gasteiger partial charge in [-0.1, -0.05) is 0 Å². The van der Waals surface area contributed by atoms with E-state index >= 15 is 0 Å². The molecule has 1 amide bonds. The minimum atomic E-state index is -0.389. The molecule has 0 unspecified atom stereocenters. The van der Waals surface area contributed by atoms with Crippen LogP contribution in [-0.4, -0.2) is 19.3 Å². The number of hydrogen-bond donors (Lipinski definition) is 1. The molecule has 24 heavy (non-hydrogen) atoms. The molecule has 0 fully saturated rings. The molecule has 0 bridgehead atoms. The van der Waals surface area contributed by atoms with Crippen LogP contribution >= 0.6 is 0 Å². The summed E-state index contributed by atoms with van der Waals surface area (Å²) in [5.74, 6) is 0.927. The van der Waals surface area contributed by atoms with E-state index in [2.05, 4.69) is 5.32 Å². The second kappa shape index (κ2) is 7.04. The van der Waals surface area contributed by atoms with Gasteiger partial charge in [0, 0.05) is 29.5 Å². The van der Waals surface area contributed by atoms with Crippen molar-refractivity contribution in [3.05, 3.63) is 53.9 Å². The Hall–Kier alpha value is -3.02. The second-order valence-electron chi connectivity index (χ2n) is 5.01. The summed E-state index contributed by atoms with van der Waals surface area (Å²) >= 11 is 0. The topological polar surface area (TPSA) is 56.8 Å². The summed E-state index contributed by atoms with van der Waals surface area (Å²) in [5.41, 5.74) is 1.22. The third-order valence-electron chi connectivity index (χ3n) is 3.33. The molecule has 3 rings (SSSR count). The van der Waals surface area contributed by atoms with Crippen LogP contribution in [-0.2, 0) is 4.79 Å². The van der Waals surface area contributed by atoms with Gasteiger partial charge in [0.15, 0.2) is 11.5 Å². The molecule has 6 heteroatoms. The lowest BCUT2D eigenvalue weighted by atomic mass is 10.2. The lowest BCUT2D eigenvalue weighted by molar-refractivity contribution is -0.111. The van der Waals surface area contributed by atoms with Gasteiger partial charge in [-0.3, -0.25) is 4.79 Å². The monoisotopic (exact) mass is 329 g/mol. The SMILES string of the molecule is CCOc1cc(F)ccc1/C=C/C(=O)Nc1ccc2c(c1)OCO2. The van der Waals surface area contributed by atoms with Crippen molar-refractivity contribution in [1.29, 1.82) is 0 Å². The Labute approximate surface area is 138 Å². The smallest absolute Gasteiger partial charge is 0.248 e. The molecule has 0 radical (unpaired) electrons. The Morgan fingerprint density at radius 2 is 2.08 bits per heavy atom. The molecule has 1 N–H and O–H groups in total. The number of halogens is 1. The van der Waals surface area contributed by atoms with Gasteiger partial charge in [0.2, 0.25) is 12.7 Å². The highest BCUT2D eigenvalue weighted by Gasteiger charge is 2.13. The number of carbonyl (C=O) groups excluding carboxylic acids is 1. The number of benzene rings is 2. The molecular formula is C18H16FNO4. The quantitative estimate of drug-likeness (QED) is 0.852. The van der Waals surface area contributed by atoms with E-state index in [0.29, 0.717) is 35.1 Å². The standard InChI is InChI=1S/C18H16FNO4/c1-2-22-16-9-13(19)5-3-12(16)4-8-18(21)20-14-6-7-15-17(10-14)24-11-23-15/h3-10H,2,11H2,1H3,(H,20,21)/b8-4+. The van der Waals surface area contributed by atoms with Crippen LogP contribution in [0.5, 0.6) is 17.2 Å². The molecule has 0 saturated carbocycles. The van der Waals surface area contributed by atoms with Crippen molar-refractivity contribution in [1.82, 2.24) is 0 Å². The van der Waals surface area contributed by atoms with Crippen molar-refractivity contribution in [2.24, 2.45) is 0 Å². The van der Waals surface area contributed by atoms with E-state index in [1.165, 1.54) is 18.2 Å². The Balaban J connectivity index is 1.69. The van der Waals surface area contributed by atoms with Crippen molar-refractivity contribution in [2.75, 3.05) is 18.7 Å². The summed E-state index contributed by atoms with van der Waals surface area (Å²) in [6.07, 6.45) is 2.94. The highest BCUT2D eigenvalue weighted by atomic mass is 19.1. The zero-order valence-corrected chi connectivity index (χ0v) is 13.0. The maximum Gasteiger partial charge on any atom is 0.248 e. The van der Waals surface area contributed by atoms with Gasteiger partial charge < -0.3 is 19.5 Å². The van der Waals surface area contributed by atoms with E-state index in [9.17, 15) is 9.18 Å². The van der Waals surface area contributed by atoms with Crippen molar-refractivity contribution in [3.63, 3.8) is 0 Å². The summed E-state index contributed by atoms with van der Waals surface area (Å²) in [5, 5.41) is 2.73. The van der Waals surface area contributed by atoms with E-state index in [4.69, 9.17) is 14.2 Å². The van der Waals surface area contributed by atoms with Gasteiger partial charge in [0.25, 0.3) is 0 Å². The minimum absolute atomic E-state index is 0.178. The third kappa shape index (κ3) is 3.65. The van der Waals surface area contributed by atoms with E-state index in [0.717, 1.165) is 0 Å². The summed E-state index contributed by atoms with van der Waals surface area (Å²) < 4.78 is 29.1. The fourth-order valence-corrected chi connectivity index (χ4v) is 2.25. The van der Waals surface area contributed by atoms with Crippen molar-refractivity contribution in [2.45, 2.75) is 6.92 Å². The predicted octanol–water partition coefficient (Wildman–Crippen LogP) is 3.61. The minimum Gasteiger partial charge on any atom is -0.493 e. The second-order valence-corrected chi connectivity index (χ2v) is 5.01. The molecule has 2 aromatic rings. The van der Waals surface area contributed by atoms with Crippen LogP contribution in [0.25, 0.3) is 6.08 Å². The van der Waals surface area contributed by atoms with Crippen LogP contribution in [0.15, 0.2) is 42.5 Å². The lowest BCUT2D eigenvalue weighted by Gasteiger charge is -2.07. The Bertz CT molecular complexity index is 789. The van der Waals surface area contributed by atoms with Crippen molar-refractivity contribution in [3.8, 4) is 17.2 Å². The molecule has 124 valence electrons. The molecule has 1 heterocycles. The summed E-state index contributed by atoms with van der Waals surface area (Å²) in [6, 6.07) is 9.32. The normalized spacial score (nSPS) is 12.4. The van der Waals surface area contributed by atoms with E-state index in [-0.39, 0.29) is 18.5 Å². The zero-order valence-electron chi connectivity index (χ0n) is 13.0. The first kappa shape index (κ1) is 15.9. The number of rotatable bonds is 5. The molecule has 2 aromatic carbocycles. The number of ether oxygens (including phenoxy) is 3. The largest absolute Gasteiger partial charge is 0.493 e. The van der Waals surface area contributed by atoms with Crippen LogP contribution in [0.2, 0.25) is 0 Å². The van der Waals surface area contributed by atoms with Crippen LogP contribution in [0, 0.1) is 5.82 Å². The van der Waals surface area contributed by atoms with Crippen LogP contribution in [0.1, 0.15) is 12.5 Å². The summed E-state index contributed by atoms with van der Waals surface area (Å²) in [4.78, 5) is 12.0. The Morgan fingerprint density at radius 3 is 2.92 bits per heavy atom. The van der Waals surface area contributed by atoms with Gasteiger partial charge in [-0.05, 0) is 37.3 Å². The first-order valence-corrected chi connectivity index (χ1v) is 7.47. The number of amides is 1. The van der Waals surface area contributed by atoms with E-state index in [1.807, 2.05) is 6.92 Å². The molecule has 1 aliphatic heterocycles. The van der Waals surface area contributed by atoms with E-state index < -0.39 is 0 Å². The fraction of sp³-hybridized carbons (Fsp3) is 0.167. The van der Waals surface area contributed by atoms with Crippen LogP contribution in [0.4, 0.5) is 10.1 Å². The summed E-state index contributed by atoms with van der Waals surface area (Å²) in [7, 11) is 0. The first-order valence-electron chi connectivity index (χ1n) is 7.47. The Kier molecular flexibility index (Phi) is 4.65. The maximum absolute atomic E-state index is 13.3. The molecule has 0 aromatic heterocycles. The Morgan fingerprint density at radius 1 is 1.25 bits per heavy atom. The molecule has 5 nitrogen and oxygen atoms in total. The molecule has 0 aliphatic carbocycles. The maximum atomic E-state index is 13.3. The first-order chi connectivity index (χ1) is 11.7. The highest BCUT2D eigenvalue weighted by molar-refractivity contribution is 6.02. The molecule has 0 saturated heterocycles. The number of hydrogen-bond acceptors (Lipinski definition) is 4. The van der Waals surface area contributed by atoms with Gasteiger partial charge in [0.05, 0.1) is 6.61 Å². The van der Waals surface area contributed by atoms with Gasteiger partial charge in [-0.25, -0.2) is 4.39 Å². The van der Waals surface area contributed by atoms with Crippen molar-refractivity contribution >= 4 is 17.7 Å². The van der Waals surface area contributed by atoms with Gasteiger partial charge in [-0.15, -0.1) is 0 Å². The number of carbonyl (C=O) groups is 1. The third-order valence-corrected chi connectivity index (χ3v) is 3.33. The highest BCUT2D eigenvalue weighted by Crippen LogP contribution is 2.34. The zero-order chi connectivity index (χ0) is 16.9. The van der Waals surface area contributed by atoms with Gasteiger partial charge in [0.1, 0.15) is 11.6 Å². The van der Waals surface area contributed by atoms with Crippen LogP contribution < -0.4 is 19.5 Å². The van der Waals surface area contributed by atoms with Crippen LogP contribution in [0.3, 0.4) is 0 Å².